The van der Waals surface area contributed by atoms with E-state index in [1.165, 1.54) is 36.1 Å². The van der Waals surface area contributed by atoms with Crippen molar-refractivity contribution in [1.29, 1.82) is 0 Å². The van der Waals surface area contributed by atoms with Crippen LogP contribution in [-0.4, -0.2) is 45.5 Å². The number of ether oxygens (including phenoxy) is 2. The molecule has 3 N–H and O–H groups in total. The summed E-state index contributed by atoms with van der Waals surface area (Å²) in [4.78, 5) is 15.2. The summed E-state index contributed by atoms with van der Waals surface area (Å²) in [5.41, 5.74) is 3.10. The van der Waals surface area contributed by atoms with Crippen molar-refractivity contribution in [2.75, 3.05) is 31.6 Å². The Balaban J connectivity index is 1.37. The van der Waals surface area contributed by atoms with Crippen molar-refractivity contribution in [1.82, 2.24) is 4.90 Å². The summed E-state index contributed by atoms with van der Waals surface area (Å²) in [5.74, 6) is 1.47. The zero-order chi connectivity index (χ0) is 23.2. The molecule has 2 aromatic rings. The number of anilines is 1. The molecule has 5 rings (SSSR count). The van der Waals surface area contributed by atoms with Gasteiger partial charge in [0.25, 0.3) is 0 Å². The van der Waals surface area contributed by atoms with Crippen LogP contribution < -0.4 is 19.9 Å². The van der Waals surface area contributed by atoms with Crippen LogP contribution in [0.3, 0.4) is 0 Å². The van der Waals surface area contributed by atoms with Gasteiger partial charge in [-0.1, -0.05) is 12.8 Å². The largest absolute Gasteiger partial charge is 0.486 e. The maximum Gasteiger partial charge on any atom is 0.238 e. The first kappa shape index (κ1) is 22.2. The molecular weight excluding hydrogens is 442 g/mol. The topological polar surface area (TPSA) is 111 Å². The summed E-state index contributed by atoms with van der Waals surface area (Å²) < 4.78 is 34.6. The lowest BCUT2D eigenvalue weighted by Crippen LogP contribution is -2.48. The smallest absolute Gasteiger partial charge is 0.238 e. The first-order chi connectivity index (χ1) is 15.7. The molecule has 1 amide bonds. The van der Waals surface area contributed by atoms with Crippen LogP contribution in [-0.2, 0) is 20.2 Å². The van der Waals surface area contributed by atoms with Gasteiger partial charge < -0.3 is 14.8 Å². The molecule has 1 aliphatic carbocycles. The van der Waals surface area contributed by atoms with E-state index < -0.39 is 10.0 Å². The molecule has 1 fully saturated rings. The third kappa shape index (κ3) is 4.20. The van der Waals surface area contributed by atoms with Crippen LogP contribution >= 0.6 is 0 Å². The molecule has 176 valence electrons. The van der Waals surface area contributed by atoms with E-state index in [4.69, 9.17) is 14.6 Å². The van der Waals surface area contributed by atoms with Crippen LogP contribution in [0.15, 0.2) is 41.3 Å². The second-order valence-electron chi connectivity index (χ2n) is 9.27. The number of nitrogens with two attached hydrogens (primary N) is 1. The molecule has 8 nitrogen and oxygen atoms in total. The van der Waals surface area contributed by atoms with E-state index in [0.29, 0.717) is 18.9 Å². The molecule has 2 aliphatic heterocycles. The van der Waals surface area contributed by atoms with E-state index in [1.54, 1.807) is 12.1 Å². The lowest BCUT2D eigenvalue weighted by atomic mass is 9.71. The van der Waals surface area contributed by atoms with Crippen LogP contribution in [0, 0.1) is 0 Å². The van der Waals surface area contributed by atoms with Crippen molar-refractivity contribution in [2.45, 2.75) is 49.0 Å². The van der Waals surface area contributed by atoms with Gasteiger partial charge in [-0.15, -0.1) is 0 Å². The van der Waals surface area contributed by atoms with Crippen molar-refractivity contribution in [3.63, 3.8) is 0 Å². The number of amides is 1. The van der Waals surface area contributed by atoms with Crippen molar-refractivity contribution in [2.24, 2.45) is 5.14 Å². The highest BCUT2D eigenvalue weighted by atomic mass is 32.2. The molecule has 1 atom stereocenters. The number of carbonyl (C=O) groups excluding carboxylic acids is 1. The number of hydrogen-bond acceptors (Lipinski definition) is 6. The van der Waals surface area contributed by atoms with Gasteiger partial charge >= 0.3 is 0 Å². The average molecular weight is 472 g/mol. The van der Waals surface area contributed by atoms with E-state index in [1.807, 2.05) is 0 Å². The number of carbonyl (C=O) groups is 1. The van der Waals surface area contributed by atoms with E-state index in [2.05, 4.69) is 29.3 Å². The Bertz CT molecular complexity index is 1170. The third-order valence-electron chi connectivity index (χ3n) is 7.16. The minimum absolute atomic E-state index is 0.0134. The van der Waals surface area contributed by atoms with Crippen LogP contribution in [0.1, 0.15) is 49.8 Å². The Morgan fingerprint density at radius 2 is 1.76 bits per heavy atom. The second-order valence-corrected chi connectivity index (χ2v) is 10.8. The molecule has 0 unspecified atom stereocenters. The molecule has 0 aromatic heterocycles. The van der Waals surface area contributed by atoms with Gasteiger partial charge in [0.15, 0.2) is 11.5 Å². The Morgan fingerprint density at radius 1 is 1.12 bits per heavy atom. The Morgan fingerprint density at radius 3 is 2.39 bits per heavy atom. The lowest BCUT2D eigenvalue weighted by molar-refractivity contribution is -0.118. The lowest BCUT2D eigenvalue weighted by Gasteiger charge is -2.46. The molecule has 33 heavy (non-hydrogen) atoms. The quantitative estimate of drug-likeness (QED) is 0.709. The molecule has 2 heterocycles. The number of hydrogen-bond donors (Lipinski definition) is 2. The fourth-order valence-electron chi connectivity index (χ4n) is 5.50. The number of fused-ring (bicyclic) bond motifs is 3. The molecule has 0 radical (unpaired) electrons. The number of benzene rings is 2. The van der Waals surface area contributed by atoms with E-state index in [9.17, 15) is 13.2 Å². The molecule has 3 aliphatic rings. The number of sulfonamides is 1. The van der Waals surface area contributed by atoms with Crippen LogP contribution in [0.25, 0.3) is 0 Å². The van der Waals surface area contributed by atoms with Gasteiger partial charge in [-0.25, -0.2) is 13.6 Å². The maximum atomic E-state index is 12.9. The van der Waals surface area contributed by atoms with Gasteiger partial charge in [0.2, 0.25) is 15.9 Å². The van der Waals surface area contributed by atoms with Crippen molar-refractivity contribution in [3.05, 3.63) is 47.5 Å². The van der Waals surface area contributed by atoms with Crippen LogP contribution in [0.4, 0.5) is 5.69 Å². The monoisotopic (exact) mass is 471 g/mol. The fourth-order valence-corrected chi connectivity index (χ4v) is 6.02. The van der Waals surface area contributed by atoms with E-state index >= 15 is 0 Å². The highest BCUT2D eigenvalue weighted by Gasteiger charge is 2.45. The zero-order valence-electron chi connectivity index (χ0n) is 18.7. The first-order valence-electron chi connectivity index (χ1n) is 11.4. The Kier molecular flexibility index (Phi) is 5.58. The Hall–Kier alpha value is -2.62. The second kappa shape index (κ2) is 8.30. The SMILES string of the molecule is C[C@@H]1c2cc3c(cc2C2(CCCC2)CN1CC(=O)Nc1ccc(S(N)(=O)=O)cc1)OCCO3. The van der Waals surface area contributed by atoms with Gasteiger partial charge in [-0.3, -0.25) is 9.69 Å². The van der Waals surface area contributed by atoms with Gasteiger partial charge in [0, 0.05) is 23.7 Å². The summed E-state index contributed by atoms with van der Waals surface area (Å²) in [6.07, 6.45) is 4.55. The third-order valence-corrected chi connectivity index (χ3v) is 8.09. The average Bonchev–Trinajstić information content (AvgIpc) is 3.25. The first-order valence-corrected chi connectivity index (χ1v) is 12.9. The molecule has 1 spiro atoms. The highest BCUT2D eigenvalue weighted by molar-refractivity contribution is 7.89. The number of nitrogens with zero attached hydrogens (tertiary/aromatic N) is 1. The summed E-state index contributed by atoms with van der Waals surface area (Å²) >= 11 is 0. The predicted octanol–water partition coefficient (Wildman–Crippen LogP) is 2.93. The molecule has 0 bridgehead atoms. The van der Waals surface area contributed by atoms with Gasteiger partial charge in [0.05, 0.1) is 11.4 Å². The van der Waals surface area contributed by atoms with Crippen LogP contribution in [0.5, 0.6) is 11.5 Å². The molecule has 9 heteroatoms. The van der Waals surface area contributed by atoms with E-state index in [0.717, 1.165) is 30.9 Å². The minimum atomic E-state index is -3.77. The highest BCUT2D eigenvalue weighted by Crippen LogP contribution is 2.51. The number of primary sulfonamides is 1. The molecular formula is C24H29N3O5S. The van der Waals surface area contributed by atoms with Gasteiger partial charge in [-0.05, 0) is 67.3 Å². The summed E-state index contributed by atoms with van der Waals surface area (Å²) in [7, 11) is -3.77. The standard InChI is InChI=1S/C24H29N3O5S/c1-16-19-12-21-22(32-11-10-31-21)13-20(19)24(8-2-3-9-24)15-27(16)14-23(28)26-17-4-6-18(7-5-17)33(25,29)30/h4-7,12-13,16H,2-3,8-11,14-15H2,1H3,(H,26,28)(H2,25,29,30)/t16-/m1/s1. The maximum absolute atomic E-state index is 12.9. The predicted molar refractivity (Wildman–Crippen MR) is 124 cm³/mol. The van der Waals surface area contributed by atoms with Gasteiger partial charge in [-0.2, -0.15) is 0 Å². The zero-order valence-corrected chi connectivity index (χ0v) is 19.5. The fraction of sp³-hybridized carbons (Fsp3) is 0.458. The Labute approximate surface area is 194 Å². The number of nitrogens with one attached hydrogen (secondary N) is 1. The van der Waals surface area contributed by atoms with Crippen molar-refractivity contribution < 1.29 is 22.7 Å². The normalized spacial score (nSPS) is 21.6. The van der Waals surface area contributed by atoms with Crippen LogP contribution in [0.2, 0.25) is 0 Å². The molecule has 1 saturated carbocycles. The van der Waals surface area contributed by atoms with Crippen molar-refractivity contribution >= 4 is 21.6 Å². The summed E-state index contributed by atoms with van der Waals surface area (Å²) in [6.45, 7) is 4.30. The number of rotatable bonds is 4. The van der Waals surface area contributed by atoms with Crippen molar-refractivity contribution in [3.8, 4) is 11.5 Å². The minimum Gasteiger partial charge on any atom is -0.486 e. The van der Waals surface area contributed by atoms with E-state index in [-0.39, 0.29) is 28.8 Å². The summed E-state index contributed by atoms with van der Waals surface area (Å²) in [6, 6.07) is 10.2. The molecule has 2 aromatic carbocycles. The molecule has 0 saturated heterocycles. The van der Waals surface area contributed by atoms with Gasteiger partial charge in [0.1, 0.15) is 13.2 Å². The summed E-state index contributed by atoms with van der Waals surface area (Å²) in [5, 5.41) is 8.03.